The number of anilines is 1. The van der Waals surface area contributed by atoms with Gasteiger partial charge in [-0.2, -0.15) is 0 Å². The zero-order valence-corrected chi connectivity index (χ0v) is 18.4. The number of hydrogen-bond acceptors (Lipinski definition) is 5. The summed E-state index contributed by atoms with van der Waals surface area (Å²) in [6, 6.07) is 1.95. The summed E-state index contributed by atoms with van der Waals surface area (Å²) in [4.78, 5) is 0. The molecule has 0 spiro atoms. The van der Waals surface area contributed by atoms with E-state index in [0.29, 0.717) is 17.5 Å². The Morgan fingerprint density at radius 1 is 1.10 bits per heavy atom. The molecule has 3 atom stereocenters. The molecule has 0 amide bonds. The first kappa shape index (κ1) is 18.5. The summed E-state index contributed by atoms with van der Waals surface area (Å²) in [6.45, 7) is 0.743. The summed E-state index contributed by atoms with van der Waals surface area (Å²) in [5.74, 6) is 4.02. The SMILES string of the molecule is O=S(=O)(Nc1nnc2cc(OC[C@H]3CC4CC3=C3CCC4C3)c(C3CC3)cn12)C1CC1. The van der Waals surface area contributed by atoms with Crippen molar-refractivity contribution in [2.75, 3.05) is 11.3 Å². The van der Waals surface area contributed by atoms with Crippen LogP contribution >= 0.6 is 0 Å². The van der Waals surface area contributed by atoms with Gasteiger partial charge in [0.2, 0.25) is 16.0 Å². The van der Waals surface area contributed by atoms with Gasteiger partial charge in [-0.1, -0.05) is 11.1 Å². The summed E-state index contributed by atoms with van der Waals surface area (Å²) in [7, 11) is -3.37. The van der Waals surface area contributed by atoms with Crippen LogP contribution in [0.2, 0.25) is 0 Å². The Morgan fingerprint density at radius 2 is 1.97 bits per heavy atom. The van der Waals surface area contributed by atoms with E-state index >= 15 is 0 Å². The third-order valence-electron chi connectivity index (χ3n) is 8.20. The van der Waals surface area contributed by atoms with Crippen molar-refractivity contribution in [3.8, 4) is 5.75 Å². The molecule has 2 unspecified atom stereocenters. The van der Waals surface area contributed by atoms with Gasteiger partial charge in [-0.3, -0.25) is 9.12 Å². The van der Waals surface area contributed by atoms with Crippen molar-refractivity contribution in [2.24, 2.45) is 17.8 Å². The second-order valence-electron chi connectivity index (χ2n) is 10.3. The molecule has 0 aliphatic heterocycles. The molecule has 31 heavy (non-hydrogen) atoms. The summed E-state index contributed by atoms with van der Waals surface area (Å²) in [5, 5.41) is 8.05. The second kappa shape index (κ2) is 6.47. The van der Waals surface area contributed by atoms with Crippen LogP contribution < -0.4 is 9.46 Å². The Hall–Kier alpha value is -2.09. The van der Waals surface area contributed by atoms with E-state index < -0.39 is 10.0 Å². The number of nitrogens with zero attached hydrogens (tertiary/aromatic N) is 3. The van der Waals surface area contributed by atoms with E-state index in [2.05, 4.69) is 14.9 Å². The maximum Gasteiger partial charge on any atom is 0.242 e. The number of pyridine rings is 1. The van der Waals surface area contributed by atoms with Crippen LogP contribution in [0, 0.1) is 17.8 Å². The lowest BCUT2D eigenvalue weighted by Crippen LogP contribution is -2.19. The minimum Gasteiger partial charge on any atom is -0.492 e. The molecule has 2 heterocycles. The largest absolute Gasteiger partial charge is 0.492 e. The molecule has 2 aromatic heterocycles. The van der Waals surface area contributed by atoms with Crippen LogP contribution in [0.1, 0.15) is 69.3 Å². The van der Waals surface area contributed by atoms with Gasteiger partial charge in [-0.15, -0.1) is 10.2 Å². The molecule has 5 aliphatic rings. The van der Waals surface area contributed by atoms with Gasteiger partial charge >= 0.3 is 0 Å². The minimum absolute atomic E-state index is 0.280. The first-order valence-electron chi connectivity index (χ1n) is 11.8. The van der Waals surface area contributed by atoms with Gasteiger partial charge in [-0.05, 0) is 75.5 Å². The normalized spacial score (nSPS) is 29.7. The predicted molar refractivity (Wildman–Crippen MR) is 117 cm³/mol. The highest BCUT2D eigenvalue weighted by Gasteiger charge is 2.43. The molecule has 0 aromatic carbocycles. The van der Waals surface area contributed by atoms with Gasteiger partial charge in [0, 0.05) is 23.7 Å². The van der Waals surface area contributed by atoms with Gasteiger partial charge in [0.05, 0.1) is 11.9 Å². The lowest BCUT2D eigenvalue weighted by molar-refractivity contribution is 0.252. The highest BCUT2D eigenvalue weighted by Crippen LogP contribution is 2.55. The fourth-order valence-corrected chi connectivity index (χ4v) is 7.50. The Bertz CT molecular complexity index is 1210. The number of nitrogens with one attached hydrogen (secondary N) is 1. The molecule has 4 saturated carbocycles. The van der Waals surface area contributed by atoms with E-state index in [1.807, 2.05) is 12.3 Å². The zero-order chi connectivity index (χ0) is 20.7. The average Bonchev–Trinajstić information content (AvgIpc) is 3.66. The van der Waals surface area contributed by atoms with Gasteiger partial charge in [0.15, 0.2) is 5.65 Å². The van der Waals surface area contributed by atoms with Crippen LogP contribution in [0.3, 0.4) is 0 Å². The van der Waals surface area contributed by atoms with Crippen LogP contribution in [-0.4, -0.2) is 34.9 Å². The van der Waals surface area contributed by atoms with Gasteiger partial charge in [-0.25, -0.2) is 8.42 Å². The molecule has 0 radical (unpaired) electrons. The molecule has 7 nitrogen and oxygen atoms in total. The molecular weight excluding hydrogens is 412 g/mol. The standard InChI is InChI=1S/C23H28N4O3S/c28-31(29,18-5-6-18)26-23-25-24-22-10-21(20(11-27(22)23)13-1-2-13)30-12-17-8-16-9-19(17)15-4-3-14(16)7-15/h10-11,13-14,16-18H,1-9,12H2,(H,25,26)/t14?,16?,17-/m1/s1. The molecule has 0 saturated heterocycles. The number of ether oxygens (including phenoxy) is 1. The minimum atomic E-state index is -3.37. The summed E-state index contributed by atoms with van der Waals surface area (Å²) in [5.41, 5.74) is 5.21. The quantitative estimate of drug-likeness (QED) is 0.657. The molecule has 164 valence electrons. The summed E-state index contributed by atoms with van der Waals surface area (Å²) in [6.07, 6.45) is 12.4. The molecule has 4 fully saturated rings. The molecule has 2 aromatic rings. The smallest absolute Gasteiger partial charge is 0.242 e. The lowest BCUT2D eigenvalue weighted by Gasteiger charge is -2.19. The molecule has 1 N–H and O–H groups in total. The molecule has 7 rings (SSSR count). The van der Waals surface area contributed by atoms with E-state index in [1.165, 1.54) is 32.1 Å². The van der Waals surface area contributed by atoms with E-state index in [0.717, 1.165) is 55.4 Å². The van der Waals surface area contributed by atoms with Crippen LogP contribution in [0.5, 0.6) is 5.75 Å². The van der Waals surface area contributed by atoms with Crippen LogP contribution in [0.25, 0.3) is 5.65 Å². The fourth-order valence-electron chi connectivity index (χ4n) is 6.18. The third-order valence-corrected chi connectivity index (χ3v) is 10.0. The van der Waals surface area contributed by atoms with E-state index in [1.54, 1.807) is 15.5 Å². The molecule has 4 bridgehead atoms. The van der Waals surface area contributed by atoms with Crippen LogP contribution in [-0.2, 0) is 10.0 Å². The van der Waals surface area contributed by atoms with Crippen molar-refractivity contribution < 1.29 is 13.2 Å². The first-order valence-corrected chi connectivity index (χ1v) is 13.3. The van der Waals surface area contributed by atoms with Gasteiger partial charge in [0.1, 0.15) is 5.75 Å². The number of rotatable bonds is 7. The van der Waals surface area contributed by atoms with E-state index in [9.17, 15) is 8.42 Å². The third kappa shape index (κ3) is 3.09. The fraction of sp³-hybridized carbons (Fsp3) is 0.652. The Kier molecular flexibility index (Phi) is 3.85. The van der Waals surface area contributed by atoms with Crippen molar-refractivity contribution in [2.45, 2.75) is 69.0 Å². The summed E-state index contributed by atoms with van der Waals surface area (Å²) < 4.78 is 35.6. The van der Waals surface area contributed by atoms with Gasteiger partial charge in [0.25, 0.3) is 0 Å². The van der Waals surface area contributed by atoms with Crippen LogP contribution in [0.15, 0.2) is 23.4 Å². The van der Waals surface area contributed by atoms with Crippen molar-refractivity contribution in [3.05, 3.63) is 29.0 Å². The predicted octanol–water partition coefficient (Wildman–Crippen LogP) is 4.03. The monoisotopic (exact) mass is 440 g/mol. The zero-order valence-electron chi connectivity index (χ0n) is 17.6. The maximum atomic E-state index is 12.4. The van der Waals surface area contributed by atoms with E-state index in [4.69, 9.17) is 4.74 Å². The highest BCUT2D eigenvalue weighted by molar-refractivity contribution is 7.93. The second-order valence-corrected chi connectivity index (χ2v) is 12.3. The van der Waals surface area contributed by atoms with E-state index in [-0.39, 0.29) is 11.2 Å². The van der Waals surface area contributed by atoms with Crippen molar-refractivity contribution in [1.29, 1.82) is 0 Å². The van der Waals surface area contributed by atoms with Crippen molar-refractivity contribution in [1.82, 2.24) is 14.6 Å². The number of allylic oxidation sites excluding steroid dienone is 1. The molecule has 8 heteroatoms. The molecule has 5 aliphatic carbocycles. The van der Waals surface area contributed by atoms with Crippen molar-refractivity contribution >= 4 is 21.6 Å². The number of fused-ring (bicyclic) bond motifs is 6. The highest BCUT2D eigenvalue weighted by atomic mass is 32.2. The first-order chi connectivity index (χ1) is 15.0. The summed E-state index contributed by atoms with van der Waals surface area (Å²) >= 11 is 0. The topological polar surface area (TPSA) is 85.6 Å². The lowest BCUT2D eigenvalue weighted by atomic mass is 9.86. The van der Waals surface area contributed by atoms with Crippen LogP contribution in [0.4, 0.5) is 5.95 Å². The average molecular weight is 441 g/mol. The number of aromatic nitrogens is 3. The maximum absolute atomic E-state index is 12.4. The number of hydrogen-bond donors (Lipinski definition) is 1. The number of sulfonamides is 1. The Balaban J connectivity index is 1.17. The molecular formula is C23H28N4O3S. The van der Waals surface area contributed by atoms with Gasteiger partial charge < -0.3 is 4.74 Å². The Morgan fingerprint density at radius 3 is 2.77 bits per heavy atom. The van der Waals surface area contributed by atoms with Crippen molar-refractivity contribution in [3.63, 3.8) is 0 Å². The Labute approximate surface area is 182 Å².